The highest BCUT2D eigenvalue weighted by atomic mass is 79.9. The van der Waals surface area contributed by atoms with Crippen LogP contribution in [0.3, 0.4) is 0 Å². The number of hydrogen-bond donors (Lipinski definition) is 1. The van der Waals surface area contributed by atoms with Crippen LogP contribution < -0.4 is 5.32 Å². The third-order valence-electron chi connectivity index (χ3n) is 2.39. The first kappa shape index (κ1) is 11.3. The zero-order valence-electron chi connectivity index (χ0n) is 9.24. The van der Waals surface area contributed by atoms with E-state index in [9.17, 15) is 0 Å². The molecule has 0 aromatic carbocycles. The quantitative estimate of drug-likeness (QED) is 0.935. The van der Waals surface area contributed by atoms with Crippen LogP contribution in [0.5, 0.6) is 0 Å². The van der Waals surface area contributed by atoms with Crippen molar-refractivity contribution in [3.8, 4) is 11.4 Å². The van der Waals surface area contributed by atoms with Crippen LogP contribution in [-0.4, -0.2) is 21.6 Å². The normalized spacial score (nSPS) is 10.7. The molecule has 16 heavy (non-hydrogen) atoms. The predicted octanol–water partition coefficient (Wildman–Crippen LogP) is 1.96. The van der Waals surface area contributed by atoms with E-state index in [0.717, 1.165) is 28.4 Å². The van der Waals surface area contributed by atoms with Crippen molar-refractivity contribution in [2.75, 3.05) is 7.05 Å². The Kier molecular flexibility index (Phi) is 3.36. The second-order valence-corrected chi connectivity index (χ2v) is 4.22. The summed E-state index contributed by atoms with van der Waals surface area (Å²) in [5.74, 6) is 0.982. The van der Waals surface area contributed by atoms with Gasteiger partial charge < -0.3 is 9.88 Å². The number of aromatic nitrogens is 3. The zero-order chi connectivity index (χ0) is 11.5. The second kappa shape index (κ2) is 4.76. The number of nitrogens with one attached hydrogen (secondary N) is 1. The third kappa shape index (κ3) is 2.01. The molecule has 0 saturated heterocycles. The summed E-state index contributed by atoms with van der Waals surface area (Å²) in [5, 5.41) is 3.09. The summed E-state index contributed by atoms with van der Waals surface area (Å²) in [6.45, 7) is 0.738. The summed E-state index contributed by atoms with van der Waals surface area (Å²) in [5.41, 5.74) is 1.93. The van der Waals surface area contributed by atoms with Crippen LogP contribution in [0, 0.1) is 0 Å². The predicted molar refractivity (Wildman–Crippen MR) is 66.9 cm³/mol. The summed E-state index contributed by atoms with van der Waals surface area (Å²) in [7, 11) is 3.90. The topological polar surface area (TPSA) is 42.7 Å². The molecule has 2 rings (SSSR count). The Morgan fingerprint density at radius 2 is 2.25 bits per heavy atom. The van der Waals surface area contributed by atoms with Crippen molar-refractivity contribution in [1.82, 2.24) is 19.9 Å². The van der Waals surface area contributed by atoms with E-state index in [1.165, 1.54) is 0 Å². The van der Waals surface area contributed by atoms with Crippen LogP contribution in [0.4, 0.5) is 0 Å². The van der Waals surface area contributed by atoms with E-state index in [2.05, 4.69) is 31.2 Å². The van der Waals surface area contributed by atoms with Crippen LogP contribution in [0.15, 0.2) is 29.0 Å². The summed E-state index contributed by atoms with van der Waals surface area (Å²) < 4.78 is 2.88. The van der Waals surface area contributed by atoms with Crippen LogP contribution >= 0.6 is 15.9 Å². The lowest BCUT2D eigenvalue weighted by Gasteiger charge is -2.04. The van der Waals surface area contributed by atoms with E-state index in [-0.39, 0.29) is 0 Å². The highest BCUT2D eigenvalue weighted by molar-refractivity contribution is 9.10. The number of pyridine rings is 1. The smallest absolute Gasteiger partial charge is 0.134 e. The monoisotopic (exact) mass is 280 g/mol. The summed E-state index contributed by atoms with van der Waals surface area (Å²) in [6, 6.07) is 5.85. The number of rotatable bonds is 3. The SMILES string of the molecule is CNCc1nc(Br)c(-c2ccccn2)n1C. The molecule has 0 aliphatic heterocycles. The summed E-state index contributed by atoms with van der Waals surface area (Å²) in [6.07, 6.45) is 1.78. The van der Waals surface area contributed by atoms with Gasteiger partial charge in [0, 0.05) is 13.2 Å². The van der Waals surface area contributed by atoms with Crippen molar-refractivity contribution in [2.24, 2.45) is 7.05 Å². The molecule has 0 spiro atoms. The van der Waals surface area contributed by atoms with Gasteiger partial charge in [0.1, 0.15) is 16.1 Å². The molecular formula is C11H13BrN4. The van der Waals surface area contributed by atoms with Gasteiger partial charge in [0.05, 0.1) is 12.2 Å². The van der Waals surface area contributed by atoms with E-state index in [0.29, 0.717) is 0 Å². The van der Waals surface area contributed by atoms with Crippen LogP contribution in [0.25, 0.3) is 11.4 Å². The molecule has 0 saturated carbocycles. The van der Waals surface area contributed by atoms with Gasteiger partial charge in [0.25, 0.3) is 0 Å². The lowest BCUT2D eigenvalue weighted by Crippen LogP contribution is -2.10. The molecule has 2 heterocycles. The van der Waals surface area contributed by atoms with E-state index in [1.807, 2.05) is 36.9 Å². The molecule has 0 aliphatic carbocycles. The third-order valence-corrected chi connectivity index (χ3v) is 2.94. The molecule has 0 unspecified atom stereocenters. The van der Waals surface area contributed by atoms with Crippen LogP contribution in [0.2, 0.25) is 0 Å². The Hall–Kier alpha value is -1.20. The van der Waals surface area contributed by atoms with Gasteiger partial charge in [-0.3, -0.25) is 4.98 Å². The highest BCUT2D eigenvalue weighted by Crippen LogP contribution is 2.26. The van der Waals surface area contributed by atoms with Gasteiger partial charge in [0.15, 0.2) is 0 Å². The van der Waals surface area contributed by atoms with E-state index in [4.69, 9.17) is 0 Å². The molecule has 4 nitrogen and oxygen atoms in total. The van der Waals surface area contributed by atoms with Gasteiger partial charge in [-0.1, -0.05) is 6.07 Å². The largest absolute Gasteiger partial charge is 0.328 e. The average Bonchev–Trinajstić information content (AvgIpc) is 2.56. The first-order valence-electron chi connectivity index (χ1n) is 5.01. The van der Waals surface area contributed by atoms with E-state index in [1.54, 1.807) is 6.20 Å². The molecule has 0 amide bonds. The lowest BCUT2D eigenvalue weighted by molar-refractivity contribution is 0.711. The molecule has 5 heteroatoms. The number of halogens is 1. The van der Waals surface area contributed by atoms with Crippen molar-refractivity contribution in [3.05, 3.63) is 34.8 Å². The molecule has 0 aliphatic rings. The minimum absolute atomic E-state index is 0.738. The van der Waals surface area contributed by atoms with Crippen molar-refractivity contribution >= 4 is 15.9 Å². The maximum Gasteiger partial charge on any atom is 0.134 e. The standard InChI is InChI=1S/C11H13BrN4/c1-13-7-9-15-11(12)10(16(9)2)8-5-3-4-6-14-8/h3-6,13H,7H2,1-2H3. The fourth-order valence-electron chi connectivity index (χ4n) is 1.61. The van der Waals surface area contributed by atoms with Gasteiger partial charge in [-0.05, 0) is 35.1 Å². The Morgan fingerprint density at radius 1 is 1.44 bits per heavy atom. The second-order valence-electron chi connectivity index (χ2n) is 3.47. The summed E-state index contributed by atoms with van der Waals surface area (Å²) >= 11 is 3.47. The molecule has 84 valence electrons. The number of imidazole rings is 1. The van der Waals surface area contributed by atoms with E-state index >= 15 is 0 Å². The zero-order valence-corrected chi connectivity index (χ0v) is 10.8. The Balaban J connectivity index is 2.49. The fraction of sp³-hybridized carbons (Fsp3) is 0.273. The average molecular weight is 281 g/mol. The molecule has 2 aromatic rings. The van der Waals surface area contributed by atoms with Gasteiger partial charge >= 0.3 is 0 Å². The lowest BCUT2D eigenvalue weighted by atomic mass is 10.3. The molecule has 0 bridgehead atoms. The van der Waals surface area contributed by atoms with Gasteiger partial charge in [-0.15, -0.1) is 0 Å². The molecule has 0 atom stereocenters. The van der Waals surface area contributed by atoms with Crippen molar-refractivity contribution < 1.29 is 0 Å². The first-order valence-corrected chi connectivity index (χ1v) is 5.80. The number of nitrogens with zero attached hydrogens (tertiary/aromatic N) is 3. The van der Waals surface area contributed by atoms with Gasteiger partial charge in [0.2, 0.25) is 0 Å². The Bertz CT molecular complexity index is 478. The van der Waals surface area contributed by atoms with Crippen molar-refractivity contribution in [1.29, 1.82) is 0 Å². The molecule has 2 aromatic heterocycles. The molecule has 0 radical (unpaired) electrons. The highest BCUT2D eigenvalue weighted by Gasteiger charge is 2.14. The fourth-order valence-corrected chi connectivity index (χ4v) is 2.28. The first-order chi connectivity index (χ1) is 7.74. The minimum atomic E-state index is 0.738. The maximum atomic E-state index is 4.45. The number of hydrogen-bond acceptors (Lipinski definition) is 3. The van der Waals surface area contributed by atoms with E-state index < -0.39 is 0 Å². The van der Waals surface area contributed by atoms with Gasteiger partial charge in [-0.25, -0.2) is 4.98 Å². The van der Waals surface area contributed by atoms with Gasteiger partial charge in [-0.2, -0.15) is 0 Å². The summed E-state index contributed by atoms with van der Waals surface area (Å²) in [4.78, 5) is 8.79. The van der Waals surface area contributed by atoms with Crippen LogP contribution in [0.1, 0.15) is 5.82 Å². The molecular weight excluding hydrogens is 268 g/mol. The van der Waals surface area contributed by atoms with Crippen molar-refractivity contribution in [3.63, 3.8) is 0 Å². The maximum absolute atomic E-state index is 4.45. The Labute approximate surface area is 103 Å². The van der Waals surface area contributed by atoms with Crippen molar-refractivity contribution in [2.45, 2.75) is 6.54 Å². The van der Waals surface area contributed by atoms with Crippen LogP contribution in [-0.2, 0) is 13.6 Å². The molecule has 1 N–H and O–H groups in total. The Morgan fingerprint density at radius 3 is 2.88 bits per heavy atom. The minimum Gasteiger partial charge on any atom is -0.328 e. The molecule has 0 fully saturated rings.